The number of carbonyl (C=O) groups excluding carboxylic acids is 1. The van der Waals surface area contributed by atoms with Crippen molar-refractivity contribution in [2.45, 2.75) is 18.0 Å². The van der Waals surface area contributed by atoms with Crippen LogP contribution < -0.4 is 4.90 Å². The second-order valence-corrected chi connectivity index (χ2v) is 10.2. The molecule has 2 heterocycles. The number of benzene rings is 2. The first-order valence-corrected chi connectivity index (χ1v) is 12.5. The number of halogens is 4. The van der Waals surface area contributed by atoms with E-state index < -0.39 is 21.9 Å². The maximum Gasteiger partial charge on any atom is 0.436 e. The van der Waals surface area contributed by atoms with Gasteiger partial charge >= 0.3 is 6.18 Å². The molecule has 0 bridgehead atoms. The molecule has 0 radical (unpaired) electrons. The molecule has 172 valence electrons. The van der Waals surface area contributed by atoms with Gasteiger partial charge in [-0.1, -0.05) is 30.0 Å². The highest BCUT2D eigenvalue weighted by molar-refractivity contribution is 9.10. The molecule has 1 aromatic heterocycles. The van der Waals surface area contributed by atoms with Crippen LogP contribution in [0.15, 0.2) is 68.4 Å². The number of alkyl halides is 3. The molecular formula is C20H14BrF3N4O3S2. The van der Waals surface area contributed by atoms with Gasteiger partial charge in [0, 0.05) is 0 Å². The summed E-state index contributed by atoms with van der Waals surface area (Å²) < 4.78 is 69.8. The molecule has 33 heavy (non-hydrogen) atoms. The van der Waals surface area contributed by atoms with E-state index in [9.17, 15) is 26.4 Å². The van der Waals surface area contributed by atoms with E-state index >= 15 is 0 Å². The largest absolute Gasteiger partial charge is 0.436 e. The Morgan fingerprint density at radius 1 is 1.06 bits per heavy atom. The quantitative estimate of drug-likeness (QED) is 0.459. The predicted molar refractivity (Wildman–Crippen MR) is 122 cm³/mol. The van der Waals surface area contributed by atoms with E-state index in [4.69, 9.17) is 0 Å². The molecule has 1 amide bonds. The Balaban J connectivity index is 1.66. The van der Waals surface area contributed by atoms with Crippen LogP contribution >= 0.6 is 27.7 Å². The summed E-state index contributed by atoms with van der Waals surface area (Å²) in [5, 5.41) is 3.62. The maximum absolute atomic E-state index is 13.1. The molecule has 0 unspecified atom stereocenters. The number of anilines is 1. The van der Waals surface area contributed by atoms with Crippen molar-refractivity contribution in [2.24, 2.45) is 4.40 Å². The van der Waals surface area contributed by atoms with Crippen LogP contribution in [0.2, 0.25) is 0 Å². The van der Waals surface area contributed by atoms with Crippen LogP contribution in [0.5, 0.6) is 0 Å². The average Bonchev–Trinajstić information content (AvgIpc) is 3.27. The standard InChI is InChI=1S/C20H14BrF3N4O3S2/c1-12-17(21)18(20(22,23)24)25-28(12)14-7-9-15(10-8-14)33(30,31)26-19-27(16(29)11-32-19)13-5-3-2-4-6-13/h2-10H,11H2,1H3/b26-19-. The minimum absolute atomic E-state index is 0.0250. The van der Waals surface area contributed by atoms with Crippen molar-refractivity contribution >= 4 is 54.5 Å². The summed E-state index contributed by atoms with van der Waals surface area (Å²) in [6, 6.07) is 13.7. The van der Waals surface area contributed by atoms with Crippen molar-refractivity contribution in [3.63, 3.8) is 0 Å². The fourth-order valence-corrected chi connectivity index (χ4v) is 5.66. The summed E-state index contributed by atoms with van der Waals surface area (Å²) in [4.78, 5) is 13.3. The number of carbonyl (C=O) groups is 1. The van der Waals surface area contributed by atoms with Gasteiger partial charge in [-0.3, -0.25) is 9.69 Å². The fourth-order valence-electron chi connectivity index (χ4n) is 3.09. The number of amidine groups is 1. The zero-order valence-corrected chi connectivity index (χ0v) is 20.0. The first-order chi connectivity index (χ1) is 15.5. The minimum Gasteiger partial charge on any atom is -0.273 e. The third kappa shape index (κ3) is 4.57. The normalized spacial score (nSPS) is 16.1. The van der Waals surface area contributed by atoms with Crippen LogP contribution in [0, 0.1) is 6.92 Å². The second-order valence-electron chi connectivity index (χ2n) is 6.85. The van der Waals surface area contributed by atoms with Crippen LogP contribution in [-0.4, -0.2) is 35.0 Å². The number of nitrogens with zero attached hydrogens (tertiary/aromatic N) is 4. The smallest absolute Gasteiger partial charge is 0.273 e. The average molecular weight is 559 g/mol. The van der Waals surface area contributed by atoms with Crippen LogP contribution in [0.1, 0.15) is 11.4 Å². The maximum atomic E-state index is 13.1. The van der Waals surface area contributed by atoms with Gasteiger partial charge in [0.1, 0.15) is 0 Å². The van der Waals surface area contributed by atoms with Crippen molar-refractivity contribution in [3.05, 3.63) is 70.5 Å². The van der Waals surface area contributed by atoms with Crippen LogP contribution in [0.25, 0.3) is 5.69 Å². The molecule has 1 saturated heterocycles. The zero-order chi connectivity index (χ0) is 24.0. The molecule has 3 aromatic rings. The SMILES string of the molecule is Cc1c(Br)c(C(F)(F)F)nn1-c1ccc(S(=O)(=O)/N=C2\SCC(=O)N2c2ccccc2)cc1. The molecule has 0 spiro atoms. The lowest BCUT2D eigenvalue weighted by Crippen LogP contribution is -2.29. The highest BCUT2D eigenvalue weighted by Crippen LogP contribution is 2.36. The van der Waals surface area contributed by atoms with Crippen LogP contribution in [0.4, 0.5) is 18.9 Å². The number of amides is 1. The highest BCUT2D eigenvalue weighted by Gasteiger charge is 2.38. The molecule has 1 aliphatic heterocycles. The van der Waals surface area contributed by atoms with Gasteiger partial charge in [-0.2, -0.15) is 26.7 Å². The summed E-state index contributed by atoms with van der Waals surface area (Å²) in [5.74, 6) is -0.243. The molecule has 2 aromatic carbocycles. The van der Waals surface area contributed by atoms with E-state index in [-0.39, 0.29) is 37.6 Å². The fraction of sp³-hybridized carbons (Fsp3) is 0.150. The van der Waals surface area contributed by atoms with Gasteiger partial charge in [0.2, 0.25) is 5.91 Å². The molecule has 1 fully saturated rings. The van der Waals surface area contributed by atoms with E-state index in [0.717, 1.165) is 16.4 Å². The van der Waals surface area contributed by atoms with Gasteiger partial charge in [0.25, 0.3) is 10.0 Å². The van der Waals surface area contributed by atoms with Crippen molar-refractivity contribution in [1.29, 1.82) is 0 Å². The molecule has 1 aliphatic rings. The Morgan fingerprint density at radius 2 is 1.70 bits per heavy atom. The Morgan fingerprint density at radius 3 is 2.27 bits per heavy atom. The van der Waals surface area contributed by atoms with Gasteiger partial charge in [-0.15, -0.1) is 4.40 Å². The summed E-state index contributed by atoms with van der Waals surface area (Å²) in [5.41, 5.74) is -0.131. The van der Waals surface area contributed by atoms with E-state index in [1.807, 2.05) is 0 Å². The number of thioether (sulfide) groups is 1. The van der Waals surface area contributed by atoms with Crippen molar-refractivity contribution < 1.29 is 26.4 Å². The predicted octanol–water partition coefficient (Wildman–Crippen LogP) is 4.79. The van der Waals surface area contributed by atoms with E-state index in [1.54, 1.807) is 30.3 Å². The Kier molecular flexibility index (Phi) is 6.14. The topological polar surface area (TPSA) is 84.6 Å². The van der Waals surface area contributed by atoms with Crippen molar-refractivity contribution in [1.82, 2.24) is 9.78 Å². The zero-order valence-electron chi connectivity index (χ0n) is 16.7. The minimum atomic E-state index is -4.64. The Labute approximate surface area is 199 Å². The number of hydrogen-bond donors (Lipinski definition) is 0. The second kappa shape index (κ2) is 8.61. The van der Waals surface area contributed by atoms with E-state index in [0.29, 0.717) is 5.69 Å². The van der Waals surface area contributed by atoms with Gasteiger partial charge in [0.05, 0.1) is 32.2 Å². The number of rotatable bonds is 4. The molecule has 4 rings (SSSR count). The molecule has 0 N–H and O–H groups in total. The molecule has 7 nitrogen and oxygen atoms in total. The molecule has 0 saturated carbocycles. The van der Waals surface area contributed by atoms with Gasteiger partial charge in [-0.25, -0.2) is 4.68 Å². The first kappa shape index (κ1) is 23.5. The number of aromatic nitrogens is 2. The lowest BCUT2D eigenvalue weighted by Gasteiger charge is -2.15. The summed E-state index contributed by atoms with van der Waals surface area (Å²) >= 11 is 3.91. The third-order valence-electron chi connectivity index (χ3n) is 4.67. The number of hydrogen-bond acceptors (Lipinski definition) is 5. The van der Waals surface area contributed by atoms with Crippen molar-refractivity contribution in [3.8, 4) is 5.69 Å². The summed E-state index contributed by atoms with van der Waals surface area (Å²) in [7, 11) is -4.19. The summed E-state index contributed by atoms with van der Waals surface area (Å²) in [6.07, 6.45) is -4.64. The van der Waals surface area contributed by atoms with Crippen molar-refractivity contribution in [2.75, 3.05) is 10.7 Å². The highest BCUT2D eigenvalue weighted by atomic mass is 79.9. The molecular weight excluding hydrogens is 545 g/mol. The van der Waals surface area contributed by atoms with Crippen LogP contribution in [-0.2, 0) is 21.0 Å². The lowest BCUT2D eigenvalue weighted by atomic mass is 10.3. The van der Waals surface area contributed by atoms with Gasteiger partial charge in [0.15, 0.2) is 10.9 Å². The molecule has 0 aliphatic carbocycles. The number of sulfonamides is 1. The van der Waals surface area contributed by atoms with Crippen LogP contribution in [0.3, 0.4) is 0 Å². The summed E-state index contributed by atoms with van der Waals surface area (Å²) in [6.45, 7) is 1.45. The molecule has 13 heteroatoms. The Bertz CT molecular complexity index is 1360. The number of para-hydroxylation sites is 1. The monoisotopic (exact) mass is 558 g/mol. The van der Waals surface area contributed by atoms with Gasteiger partial charge < -0.3 is 0 Å². The molecule has 0 atom stereocenters. The third-order valence-corrected chi connectivity index (χ3v) is 7.94. The Hall–Kier alpha value is -2.64. The van der Waals surface area contributed by atoms with Gasteiger partial charge in [-0.05, 0) is 59.3 Å². The van der Waals surface area contributed by atoms with E-state index in [2.05, 4.69) is 25.4 Å². The first-order valence-electron chi connectivity index (χ1n) is 9.27. The van der Waals surface area contributed by atoms with E-state index in [1.165, 1.54) is 36.1 Å². The lowest BCUT2D eigenvalue weighted by molar-refractivity contribution is -0.142.